The molecule has 3 aromatic carbocycles. The molecule has 0 amide bonds. The molecule has 0 saturated carbocycles. The van der Waals surface area contributed by atoms with E-state index < -0.39 is 16.0 Å². The molecule has 2 aromatic heterocycles. The van der Waals surface area contributed by atoms with Gasteiger partial charge < -0.3 is 5.11 Å². The molecule has 3 N–H and O–H groups in total. The zero-order valence-electron chi connectivity index (χ0n) is 20.6. The van der Waals surface area contributed by atoms with Crippen molar-refractivity contribution in [1.82, 2.24) is 14.8 Å². The first-order valence-corrected chi connectivity index (χ1v) is 14.1. The molecule has 2 heterocycles. The lowest BCUT2D eigenvalue weighted by atomic mass is 9.94. The van der Waals surface area contributed by atoms with Crippen LogP contribution in [0.25, 0.3) is 27.5 Å². The molecular weight excluding hydrogens is 520 g/mol. The molecule has 5 rings (SSSR count). The normalized spacial score (nSPS) is 11.6. The molecule has 8 nitrogen and oxygen atoms in total. The van der Waals surface area contributed by atoms with Gasteiger partial charge in [-0.2, -0.15) is 5.10 Å². The molecule has 0 spiro atoms. The number of carbonyl (C=O) groups is 1. The van der Waals surface area contributed by atoms with Gasteiger partial charge in [-0.15, -0.1) is 11.3 Å². The second kappa shape index (κ2) is 9.97. The predicted molar refractivity (Wildman–Crippen MR) is 147 cm³/mol. The van der Waals surface area contributed by atoms with Crippen LogP contribution in [0.4, 0.5) is 0 Å². The first kappa shape index (κ1) is 25.5. The fourth-order valence-electron chi connectivity index (χ4n) is 4.18. The molecule has 5 aromatic rings. The summed E-state index contributed by atoms with van der Waals surface area (Å²) in [7, 11) is -3.79. The molecule has 0 saturated heterocycles. The first-order chi connectivity index (χ1) is 18.1. The van der Waals surface area contributed by atoms with Crippen LogP contribution in [0.3, 0.4) is 0 Å². The minimum absolute atomic E-state index is 0.0424. The van der Waals surface area contributed by atoms with Crippen LogP contribution in [0.15, 0.2) is 83.2 Å². The van der Waals surface area contributed by atoms with E-state index in [1.807, 2.05) is 12.3 Å². The third-order valence-electron chi connectivity index (χ3n) is 6.22. The number of aryl methyl sites for hydroxylation is 2. The molecule has 0 aliphatic heterocycles. The molecule has 0 fully saturated rings. The summed E-state index contributed by atoms with van der Waals surface area (Å²) >= 11 is 1.19. The fraction of sp³-hybridized carbons (Fsp3) is 0.107. The number of hydrogen-bond donors (Lipinski definition) is 2. The predicted octanol–water partition coefficient (Wildman–Crippen LogP) is 5.22. The summed E-state index contributed by atoms with van der Waals surface area (Å²) in [5.41, 5.74) is 7.82. The Bertz CT molecular complexity index is 1750. The summed E-state index contributed by atoms with van der Waals surface area (Å²) in [6, 6.07) is 20.9. The molecule has 0 unspecified atom stereocenters. The minimum atomic E-state index is -3.79. The maximum absolute atomic E-state index is 11.7. The molecule has 0 radical (unpaired) electrons. The second-order valence-electron chi connectivity index (χ2n) is 9.03. The van der Waals surface area contributed by atoms with Gasteiger partial charge in [0.05, 0.1) is 10.6 Å². The van der Waals surface area contributed by atoms with Crippen LogP contribution in [0, 0.1) is 13.8 Å². The van der Waals surface area contributed by atoms with Crippen molar-refractivity contribution in [2.45, 2.75) is 25.2 Å². The number of carboxylic acids is 1. The summed E-state index contributed by atoms with van der Waals surface area (Å²) in [5.74, 6) is -1.10. The lowest BCUT2D eigenvalue weighted by Gasteiger charge is -2.10. The second-order valence-corrected chi connectivity index (χ2v) is 11.4. The van der Waals surface area contributed by atoms with Crippen molar-refractivity contribution in [2.75, 3.05) is 0 Å². The Labute approximate surface area is 224 Å². The topological polar surface area (TPSA) is 128 Å². The van der Waals surface area contributed by atoms with Crippen molar-refractivity contribution in [3.05, 3.63) is 106 Å². The number of thiazole rings is 1. The van der Waals surface area contributed by atoms with Gasteiger partial charge >= 0.3 is 5.97 Å². The molecule has 0 atom stereocenters. The monoisotopic (exact) mass is 544 g/mol. The highest BCUT2D eigenvalue weighted by Crippen LogP contribution is 2.32. The van der Waals surface area contributed by atoms with E-state index in [1.165, 1.54) is 34.4 Å². The van der Waals surface area contributed by atoms with Crippen LogP contribution < -0.4 is 5.14 Å². The number of sulfonamides is 1. The molecular formula is C28H24N4O4S2. The third-order valence-corrected chi connectivity index (χ3v) is 7.98. The molecule has 0 aliphatic carbocycles. The SMILES string of the molecule is Cc1ccc(-c2cc(-c3nn(-c4nc(C(=O)O)cs4)cc3Cc3ccc(S(N)(=O)=O)cc3)ccc2C)cc1. The van der Waals surface area contributed by atoms with Crippen LogP contribution in [-0.2, 0) is 16.4 Å². The van der Waals surface area contributed by atoms with Crippen molar-refractivity contribution < 1.29 is 18.3 Å². The van der Waals surface area contributed by atoms with E-state index in [2.05, 4.69) is 55.2 Å². The Balaban J connectivity index is 1.60. The van der Waals surface area contributed by atoms with E-state index in [0.717, 1.165) is 39.1 Å². The summed E-state index contributed by atoms with van der Waals surface area (Å²) in [5, 5.41) is 21.3. The number of hydrogen-bond acceptors (Lipinski definition) is 6. The molecule has 10 heteroatoms. The van der Waals surface area contributed by atoms with E-state index in [-0.39, 0.29) is 10.6 Å². The molecule has 0 aliphatic rings. The highest BCUT2D eigenvalue weighted by molar-refractivity contribution is 7.89. The minimum Gasteiger partial charge on any atom is -0.476 e. The average molecular weight is 545 g/mol. The lowest BCUT2D eigenvalue weighted by Crippen LogP contribution is -2.11. The van der Waals surface area contributed by atoms with Gasteiger partial charge in [-0.1, -0.05) is 54.1 Å². The summed E-state index contributed by atoms with van der Waals surface area (Å²) < 4.78 is 24.9. The smallest absolute Gasteiger partial charge is 0.355 e. The zero-order valence-corrected chi connectivity index (χ0v) is 22.3. The average Bonchev–Trinajstić information content (AvgIpc) is 3.53. The Morgan fingerprint density at radius 2 is 1.68 bits per heavy atom. The Hall–Kier alpha value is -4.12. The van der Waals surface area contributed by atoms with Gasteiger partial charge in [0.25, 0.3) is 0 Å². The van der Waals surface area contributed by atoms with E-state index in [1.54, 1.807) is 16.8 Å². The first-order valence-electron chi connectivity index (χ1n) is 11.7. The van der Waals surface area contributed by atoms with Gasteiger partial charge in [0.1, 0.15) is 0 Å². The van der Waals surface area contributed by atoms with Crippen LogP contribution in [0.5, 0.6) is 0 Å². The highest BCUT2D eigenvalue weighted by atomic mass is 32.2. The van der Waals surface area contributed by atoms with Crippen molar-refractivity contribution >= 4 is 27.3 Å². The van der Waals surface area contributed by atoms with Gasteiger partial charge in [0, 0.05) is 29.1 Å². The van der Waals surface area contributed by atoms with E-state index in [4.69, 9.17) is 10.2 Å². The number of carboxylic acid groups (broad SMARTS) is 1. The van der Waals surface area contributed by atoms with Crippen molar-refractivity contribution in [2.24, 2.45) is 5.14 Å². The van der Waals surface area contributed by atoms with Gasteiger partial charge in [0.2, 0.25) is 15.2 Å². The third kappa shape index (κ3) is 5.28. The van der Waals surface area contributed by atoms with Crippen LogP contribution in [0.2, 0.25) is 0 Å². The van der Waals surface area contributed by atoms with Crippen LogP contribution in [0.1, 0.15) is 32.7 Å². The maximum atomic E-state index is 11.7. The summed E-state index contributed by atoms with van der Waals surface area (Å²) in [6.45, 7) is 4.12. The van der Waals surface area contributed by atoms with E-state index in [9.17, 15) is 18.3 Å². The summed E-state index contributed by atoms with van der Waals surface area (Å²) in [6.07, 6.45) is 2.30. The lowest BCUT2D eigenvalue weighted by molar-refractivity contribution is 0.0691. The summed E-state index contributed by atoms with van der Waals surface area (Å²) in [4.78, 5) is 15.6. The van der Waals surface area contributed by atoms with Crippen LogP contribution >= 0.6 is 11.3 Å². The number of rotatable bonds is 7. The number of aromatic nitrogens is 3. The largest absolute Gasteiger partial charge is 0.476 e. The van der Waals surface area contributed by atoms with Gasteiger partial charge in [-0.3, -0.25) is 0 Å². The number of aromatic carboxylic acids is 1. The van der Waals surface area contributed by atoms with Gasteiger partial charge in [0.15, 0.2) is 5.69 Å². The number of nitrogens with zero attached hydrogens (tertiary/aromatic N) is 3. The van der Waals surface area contributed by atoms with Crippen molar-refractivity contribution in [3.8, 4) is 27.5 Å². The Morgan fingerprint density at radius 1 is 1.00 bits per heavy atom. The Kier molecular flexibility index (Phi) is 6.70. The molecule has 192 valence electrons. The van der Waals surface area contributed by atoms with E-state index >= 15 is 0 Å². The highest BCUT2D eigenvalue weighted by Gasteiger charge is 2.18. The van der Waals surface area contributed by atoms with Gasteiger partial charge in [-0.25, -0.2) is 28.0 Å². The standard InChI is InChI=1S/C28H24N4O4S2/c1-17-3-8-20(9-4-17)24-14-21(10-5-18(24)2)26-22(13-19-6-11-23(12-7-19)38(29,35)36)15-32(31-26)28-30-25(16-37-28)27(33)34/h3-12,14-16H,13H2,1-2H3,(H,33,34)(H2,29,35,36). The van der Waals surface area contributed by atoms with Crippen molar-refractivity contribution in [3.63, 3.8) is 0 Å². The zero-order chi connectivity index (χ0) is 27.0. The Morgan fingerprint density at radius 3 is 2.32 bits per heavy atom. The number of primary sulfonamides is 1. The quantitative estimate of drug-likeness (QED) is 0.289. The number of nitrogens with two attached hydrogens (primary N) is 1. The van der Waals surface area contributed by atoms with Crippen molar-refractivity contribution in [1.29, 1.82) is 0 Å². The number of benzene rings is 3. The maximum Gasteiger partial charge on any atom is 0.355 e. The molecule has 38 heavy (non-hydrogen) atoms. The molecule has 0 bridgehead atoms. The van der Waals surface area contributed by atoms with E-state index in [0.29, 0.717) is 11.6 Å². The van der Waals surface area contributed by atoms with Crippen LogP contribution in [-0.4, -0.2) is 34.3 Å². The van der Waals surface area contributed by atoms with Gasteiger partial charge in [-0.05, 0) is 54.3 Å². The fourth-order valence-corrected chi connectivity index (χ4v) is 5.42.